The van der Waals surface area contributed by atoms with E-state index in [1.54, 1.807) is 0 Å². The number of unbranched alkanes of at least 4 members (excludes halogenated alkanes) is 1. The molecule has 0 aliphatic carbocycles. The quantitative estimate of drug-likeness (QED) is 0.698. The summed E-state index contributed by atoms with van der Waals surface area (Å²) in [4.78, 5) is 0. The SMILES string of the molecule is Cc1ccnn1CCCCC(C)(CO)NC(C)C. The molecule has 0 saturated carbocycles. The first-order valence-electron chi connectivity index (χ1n) is 6.84. The van der Waals surface area contributed by atoms with Gasteiger partial charge in [-0.15, -0.1) is 0 Å². The molecule has 4 heteroatoms. The number of aliphatic hydroxyl groups excluding tert-OH is 1. The van der Waals surface area contributed by atoms with Crippen LogP contribution in [0.5, 0.6) is 0 Å². The smallest absolute Gasteiger partial charge is 0.0610 e. The third-order valence-electron chi connectivity index (χ3n) is 3.26. The number of rotatable bonds is 8. The summed E-state index contributed by atoms with van der Waals surface area (Å²) in [6.07, 6.45) is 5.02. The van der Waals surface area contributed by atoms with E-state index in [1.165, 1.54) is 5.69 Å². The monoisotopic (exact) mass is 253 g/mol. The van der Waals surface area contributed by atoms with Gasteiger partial charge >= 0.3 is 0 Å². The van der Waals surface area contributed by atoms with Gasteiger partial charge in [-0.3, -0.25) is 4.68 Å². The van der Waals surface area contributed by atoms with Crippen molar-refractivity contribution in [3.63, 3.8) is 0 Å². The molecule has 104 valence electrons. The Morgan fingerprint density at radius 2 is 2.17 bits per heavy atom. The van der Waals surface area contributed by atoms with E-state index in [9.17, 15) is 5.11 Å². The Hall–Kier alpha value is -0.870. The van der Waals surface area contributed by atoms with Crippen LogP contribution in [0.15, 0.2) is 12.3 Å². The van der Waals surface area contributed by atoms with Gasteiger partial charge in [-0.25, -0.2) is 0 Å². The second-order valence-electron chi connectivity index (χ2n) is 5.67. The molecule has 0 aliphatic rings. The average molecular weight is 253 g/mol. The van der Waals surface area contributed by atoms with Crippen molar-refractivity contribution in [2.45, 2.75) is 65.1 Å². The summed E-state index contributed by atoms with van der Waals surface area (Å²) in [5, 5.41) is 17.2. The van der Waals surface area contributed by atoms with Crippen LogP contribution < -0.4 is 5.32 Å². The molecule has 0 fully saturated rings. The second-order valence-corrected chi connectivity index (χ2v) is 5.67. The first-order valence-corrected chi connectivity index (χ1v) is 6.84. The number of aryl methyl sites for hydroxylation is 2. The molecule has 1 aromatic rings. The van der Waals surface area contributed by atoms with E-state index < -0.39 is 0 Å². The Balaban J connectivity index is 2.29. The molecule has 0 amide bonds. The first-order chi connectivity index (χ1) is 8.47. The van der Waals surface area contributed by atoms with Crippen molar-refractivity contribution >= 4 is 0 Å². The van der Waals surface area contributed by atoms with Crippen molar-refractivity contribution in [1.82, 2.24) is 15.1 Å². The molecular formula is C14H27N3O. The van der Waals surface area contributed by atoms with E-state index in [-0.39, 0.29) is 12.1 Å². The molecule has 1 aromatic heterocycles. The number of aliphatic hydroxyl groups is 1. The van der Waals surface area contributed by atoms with Crippen molar-refractivity contribution in [2.75, 3.05) is 6.61 Å². The van der Waals surface area contributed by atoms with Crippen molar-refractivity contribution < 1.29 is 5.11 Å². The van der Waals surface area contributed by atoms with E-state index in [4.69, 9.17) is 0 Å². The fourth-order valence-corrected chi connectivity index (χ4v) is 2.30. The first kappa shape index (κ1) is 15.2. The zero-order valence-electron chi connectivity index (χ0n) is 12.1. The summed E-state index contributed by atoms with van der Waals surface area (Å²) in [6, 6.07) is 2.42. The largest absolute Gasteiger partial charge is 0.394 e. The molecule has 18 heavy (non-hydrogen) atoms. The lowest BCUT2D eigenvalue weighted by molar-refractivity contribution is 0.153. The summed E-state index contributed by atoms with van der Waals surface area (Å²) in [5.74, 6) is 0. The van der Waals surface area contributed by atoms with Crippen LogP contribution >= 0.6 is 0 Å². The van der Waals surface area contributed by atoms with Gasteiger partial charge < -0.3 is 10.4 Å². The lowest BCUT2D eigenvalue weighted by Crippen LogP contribution is -2.49. The molecule has 4 nitrogen and oxygen atoms in total. The molecule has 1 unspecified atom stereocenters. The van der Waals surface area contributed by atoms with Crippen molar-refractivity contribution in [1.29, 1.82) is 0 Å². The molecule has 0 bridgehead atoms. The van der Waals surface area contributed by atoms with Crippen molar-refractivity contribution in [3.8, 4) is 0 Å². The van der Waals surface area contributed by atoms with E-state index in [2.05, 4.69) is 38.1 Å². The average Bonchev–Trinajstić information content (AvgIpc) is 2.70. The van der Waals surface area contributed by atoms with Gasteiger partial charge in [0.15, 0.2) is 0 Å². The lowest BCUT2D eigenvalue weighted by Gasteiger charge is -2.31. The van der Waals surface area contributed by atoms with E-state index in [0.717, 1.165) is 25.8 Å². The predicted octanol–water partition coefficient (Wildman–Crippen LogP) is 2.11. The number of nitrogens with one attached hydrogen (secondary N) is 1. The molecule has 1 rings (SSSR count). The Morgan fingerprint density at radius 3 is 2.67 bits per heavy atom. The van der Waals surface area contributed by atoms with Gasteiger partial charge in [0.1, 0.15) is 0 Å². The summed E-state index contributed by atoms with van der Waals surface area (Å²) >= 11 is 0. The zero-order chi connectivity index (χ0) is 13.6. The van der Waals surface area contributed by atoms with Crippen LogP contribution in [-0.2, 0) is 6.54 Å². The lowest BCUT2D eigenvalue weighted by atomic mass is 9.95. The second kappa shape index (κ2) is 6.90. The Labute approximate surface area is 110 Å². The highest BCUT2D eigenvalue weighted by atomic mass is 16.3. The van der Waals surface area contributed by atoms with Gasteiger partial charge in [0.2, 0.25) is 0 Å². The number of aromatic nitrogens is 2. The van der Waals surface area contributed by atoms with Crippen LogP contribution in [0.1, 0.15) is 45.7 Å². The fourth-order valence-electron chi connectivity index (χ4n) is 2.30. The molecular weight excluding hydrogens is 226 g/mol. The highest BCUT2D eigenvalue weighted by molar-refractivity contribution is 4.96. The van der Waals surface area contributed by atoms with Gasteiger partial charge in [0.05, 0.1) is 6.61 Å². The maximum Gasteiger partial charge on any atom is 0.0610 e. The molecule has 0 aromatic carbocycles. The predicted molar refractivity (Wildman–Crippen MR) is 74.6 cm³/mol. The maximum absolute atomic E-state index is 9.48. The minimum Gasteiger partial charge on any atom is -0.394 e. The van der Waals surface area contributed by atoms with Crippen LogP contribution in [0, 0.1) is 6.92 Å². The van der Waals surface area contributed by atoms with E-state index in [1.807, 2.05) is 16.9 Å². The molecule has 0 saturated heterocycles. The Bertz CT molecular complexity index is 349. The molecule has 0 spiro atoms. The minimum absolute atomic E-state index is 0.159. The summed E-state index contributed by atoms with van der Waals surface area (Å²) in [7, 11) is 0. The number of hydrogen-bond donors (Lipinski definition) is 2. The van der Waals surface area contributed by atoms with E-state index >= 15 is 0 Å². The summed E-state index contributed by atoms with van der Waals surface area (Å²) in [6.45, 7) is 9.54. The molecule has 2 N–H and O–H groups in total. The molecule has 1 heterocycles. The third kappa shape index (κ3) is 4.78. The molecule has 0 aliphatic heterocycles. The minimum atomic E-state index is -0.159. The van der Waals surface area contributed by atoms with Gasteiger partial charge in [-0.1, -0.05) is 13.8 Å². The highest BCUT2D eigenvalue weighted by Crippen LogP contribution is 2.15. The fraction of sp³-hybridized carbons (Fsp3) is 0.786. The van der Waals surface area contributed by atoms with Crippen LogP contribution in [0.25, 0.3) is 0 Å². The highest BCUT2D eigenvalue weighted by Gasteiger charge is 2.22. The van der Waals surface area contributed by atoms with Crippen molar-refractivity contribution in [2.24, 2.45) is 0 Å². The maximum atomic E-state index is 9.48. The molecule has 0 radical (unpaired) electrons. The van der Waals surface area contributed by atoms with Gasteiger partial charge in [0, 0.05) is 30.0 Å². The van der Waals surface area contributed by atoms with Crippen molar-refractivity contribution in [3.05, 3.63) is 18.0 Å². The van der Waals surface area contributed by atoms with Crippen LogP contribution in [0.2, 0.25) is 0 Å². The normalized spacial score (nSPS) is 15.0. The summed E-state index contributed by atoms with van der Waals surface area (Å²) < 4.78 is 2.03. The zero-order valence-corrected chi connectivity index (χ0v) is 12.1. The van der Waals surface area contributed by atoms with Crippen LogP contribution in [-0.4, -0.2) is 33.1 Å². The standard InChI is InChI=1S/C14H27N3O/c1-12(2)16-14(4,11-18)8-5-6-10-17-13(3)7-9-15-17/h7,9,12,16,18H,5-6,8,10-11H2,1-4H3. The van der Waals surface area contributed by atoms with Crippen LogP contribution in [0.4, 0.5) is 0 Å². The Kier molecular flexibility index (Phi) is 5.82. The number of nitrogens with zero attached hydrogens (tertiary/aromatic N) is 2. The molecule has 1 atom stereocenters. The Morgan fingerprint density at radius 1 is 1.44 bits per heavy atom. The van der Waals surface area contributed by atoms with E-state index in [0.29, 0.717) is 6.04 Å². The van der Waals surface area contributed by atoms with Crippen LogP contribution in [0.3, 0.4) is 0 Å². The van der Waals surface area contributed by atoms with Gasteiger partial charge in [-0.05, 0) is 39.2 Å². The third-order valence-corrected chi connectivity index (χ3v) is 3.26. The topological polar surface area (TPSA) is 50.1 Å². The van der Waals surface area contributed by atoms with Gasteiger partial charge in [0.25, 0.3) is 0 Å². The number of hydrogen-bond acceptors (Lipinski definition) is 3. The summed E-state index contributed by atoms with van der Waals surface area (Å²) in [5.41, 5.74) is 1.05. The van der Waals surface area contributed by atoms with Gasteiger partial charge in [-0.2, -0.15) is 5.10 Å².